The molecule has 2 rings (SSSR count). The number of hydrogen-bond donors (Lipinski definition) is 0. The fraction of sp³-hybridized carbons (Fsp3) is 0.364. The standard InChI is InChI=1S/C11H12INO/c12-9-5-1-2-6-10(9)13-8-4-3-7-11(13)14/h1-2,5-6H,3-4,7-8H2. The van der Waals surface area contributed by atoms with E-state index in [1.807, 2.05) is 29.2 Å². The normalized spacial score (nSPS) is 17.2. The molecule has 1 heterocycles. The molecule has 0 aromatic heterocycles. The van der Waals surface area contributed by atoms with Gasteiger partial charge >= 0.3 is 0 Å². The summed E-state index contributed by atoms with van der Waals surface area (Å²) >= 11 is 2.28. The second-order valence-electron chi connectivity index (χ2n) is 3.45. The Bertz CT molecular complexity index is 351. The fourth-order valence-corrected chi connectivity index (χ4v) is 2.41. The Kier molecular flexibility index (Phi) is 3.05. The van der Waals surface area contributed by atoms with Gasteiger partial charge in [-0.3, -0.25) is 4.79 Å². The minimum Gasteiger partial charge on any atom is -0.311 e. The van der Waals surface area contributed by atoms with Crippen LogP contribution in [0.25, 0.3) is 0 Å². The number of hydrogen-bond acceptors (Lipinski definition) is 1. The van der Waals surface area contributed by atoms with Gasteiger partial charge in [-0.05, 0) is 47.6 Å². The van der Waals surface area contributed by atoms with E-state index < -0.39 is 0 Å². The molecule has 1 aromatic rings. The van der Waals surface area contributed by atoms with E-state index in [1.54, 1.807) is 0 Å². The van der Waals surface area contributed by atoms with Crippen molar-refractivity contribution in [1.29, 1.82) is 0 Å². The lowest BCUT2D eigenvalue weighted by atomic mass is 10.1. The zero-order valence-electron chi connectivity index (χ0n) is 7.87. The minimum atomic E-state index is 0.264. The van der Waals surface area contributed by atoms with Crippen molar-refractivity contribution in [3.8, 4) is 0 Å². The summed E-state index contributed by atoms with van der Waals surface area (Å²) in [7, 11) is 0. The smallest absolute Gasteiger partial charge is 0.227 e. The lowest BCUT2D eigenvalue weighted by molar-refractivity contribution is -0.119. The Balaban J connectivity index is 2.29. The van der Waals surface area contributed by atoms with E-state index in [-0.39, 0.29) is 5.91 Å². The van der Waals surface area contributed by atoms with Crippen molar-refractivity contribution in [2.45, 2.75) is 19.3 Å². The molecule has 3 heteroatoms. The van der Waals surface area contributed by atoms with Gasteiger partial charge in [0.15, 0.2) is 0 Å². The maximum absolute atomic E-state index is 11.7. The summed E-state index contributed by atoms with van der Waals surface area (Å²) in [5.74, 6) is 0.264. The van der Waals surface area contributed by atoms with Crippen molar-refractivity contribution < 1.29 is 4.79 Å². The largest absolute Gasteiger partial charge is 0.311 e. The van der Waals surface area contributed by atoms with Crippen molar-refractivity contribution >= 4 is 34.2 Å². The molecule has 0 atom stereocenters. The quantitative estimate of drug-likeness (QED) is 0.730. The van der Waals surface area contributed by atoms with Crippen LogP contribution >= 0.6 is 22.6 Å². The Labute approximate surface area is 97.4 Å². The number of halogens is 1. The molecule has 0 radical (unpaired) electrons. The number of amides is 1. The van der Waals surface area contributed by atoms with Crippen molar-refractivity contribution in [2.75, 3.05) is 11.4 Å². The van der Waals surface area contributed by atoms with Gasteiger partial charge in [-0.1, -0.05) is 12.1 Å². The van der Waals surface area contributed by atoms with E-state index in [0.717, 1.165) is 28.6 Å². The molecule has 1 saturated heterocycles. The Morgan fingerprint density at radius 1 is 1.21 bits per heavy atom. The first-order chi connectivity index (χ1) is 6.79. The van der Waals surface area contributed by atoms with Gasteiger partial charge < -0.3 is 4.90 Å². The molecule has 1 aliphatic rings. The molecule has 0 spiro atoms. The molecule has 2 nitrogen and oxygen atoms in total. The van der Waals surface area contributed by atoms with Gasteiger partial charge in [0.2, 0.25) is 5.91 Å². The molecule has 1 fully saturated rings. The van der Waals surface area contributed by atoms with E-state index in [9.17, 15) is 4.79 Å². The maximum Gasteiger partial charge on any atom is 0.227 e. The number of para-hydroxylation sites is 1. The Morgan fingerprint density at radius 2 is 2.00 bits per heavy atom. The zero-order valence-corrected chi connectivity index (χ0v) is 10.0. The first-order valence-corrected chi connectivity index (χ1v) is 5.92. The molecule has 0 bridgehead atoms. The zero-order chi connectivity index (χ0) is 9.97. The van der Waals surface area contributed by atoms with Gasteiger partial charge in [-0.2, -0.15) is 0 Å². The Morgan fingerprint density at radius 3 is 2.71 bits per heavy atom. The summed E-state index contributed by atoms with van der Waals surface area (Å²) in [4.78, 5) is 13.6. The summed E-state index contributed by atoms with van der Waals surface area (Å²) < 4.78 is 1.15. The second-order valence-corrected chi connectivity index (χ2v) is 4.62. The van der Waals surface area contributed by atoms with Crippen molar-refractivity contribution in [1.82, 2.24) is 0 Å². The average molecular weight is 301 g/mol. The van der Waals surface area contributed by atoms with Gasteiger partial charge in [-0.15, -0.1) is 0 Å². The third-order valence-corrected chi connectivity index (χ3v) is 3.38. The van der Waals surface area contributed by atoms with Gasteiger partial charge in [-0.25, -0.2) is 0 Å². The van der Waals surface area contributed by atoms with Crippen LogP contribution in [0.15, 0.2) is 24.3 Å². The highest BCUT2D eigenvalue weighted by Crippen LogP contribution is 2.25. The van der Waals surface area contributed by atoms with E-state index in [2.05, 4.69) is 22.6 Å². The van der Waals surface area contributed by atoms with Gasteiger partial charge in [0.25, 0.3) is 0 Å². The lowest BCUT2D eigenvalue weighted by Gasteiger charge is -2.27. The van der Waals surface area contributed by atoms with Gasteiger partial charge in [0, 0.05) is 16.5 Å². The summed E-state index contributed by atoms with van der Waals surface area (Å²) in [6.07, 6.45) is 2.86. The molecule has 1 amide bonds. The molecule has 0 unspecified atom stereocenters. The molecule has 74 valence electrons. The highest BCUT2D eigenvalue weighted by atomic mass is 127. The monoisotopic (exact) mass is 301 g/mol. The number of nitrogens with zero attached hydrogens (tertiary/aromatic N) is 1. The van der Waals surface area contributed by atoms with Crippen LogP contribution in [0, 0.1) is 3.57 Å². The van der Waals surface area contributed by atoms with Crippen LogP contribution in [-0.4, -0.2) is 12.5 Å². The number of benzene rings is 1. The summed E-state index contributed by atoms with van der Waals surface area (Å²) in [5, 5.41) is 0. The van der Waals surface area contributed by atoms with Gasteiger partial charge in [0.1, 0.15) is 0 Å². The number of carbonyl (C=O) groups is 1. The van der Waals surface area contributed by atoms with Crippen molar-refractivity contribution in [2.24, 2.45) is 0 Å². The molecule has 1 aliphatic heterocycles. The summed E-state index contributed by atoms with van der Waals surface area (Å²) in [5.41, 5.74) is 1.07. The number of piperidine rings is 1. The average Bonchev–Trinajstić information content (AvgIpc) is 2.20. The van der Waals surface area contributed by atoms with Gasteiger partial charge in [0.05, 0.1) is 5.69 Å². The fourth-order valence-electron chi connectivity index (χ4n) is 1.73. The van der Waals surface area contributed by atoms with Crippen LogP contribution in [0.2, 0.25) is 0 Å². The summed E-state index contributed by atoms with van der Waals surface area (Å²) in [6.45, 7) is 0.874. The first kappa shape index (κ1) is 9.96. The third kappa shape index (κ3) is 1.92. The topological polar surface area (TPSA) is 20.3 Å². The third-order valence-electron chi connectivity index (χ3n) is 2.47. The van der Waals surface area contributed by atoms with E-state index >= 15 is 0 Å². The highest BCUT2D eigenvalue weighted by Gasteiger charge is 2.20. The molecule has 14 heavy (non-hydrogen) atoms. The lowest BCUT2D eigenvalue weighted by Crippen LogP contribution is -2.35. The molecular formula is C11H12INO. The van der Waals surface area contributed by atoms with Crippen molar-refractivity contribution in [3.05, 3.63) is 27.8 Å². The molecule has 0 aliphatic carbocycles. The molecule has 0 N–H and O–H groups in total. The Hall–Kier alpha value is -0.580. The maximum atomic E-state index is 11.7. The van der Waals surface area contributed by atoms with E-state index in [0.29, 0.717) is 6.42 Å². The second kappa shape index (κ2) is 4.29. The summed E-state index contributed by atoms with van der Waals surface area (Å²) in [6, 6.07) is 8.04. The van der Waals surface area contributed by atoms with E-state index in [4.69, 9.17) is 0 Å². The van der Waals surface area contributed by atoms with Crippen LogP contribution in [0.4, 0.5) is 5.69 Å². The number of rotatable bonds is 1. The number of carbonyl (C=O) groups excluding carboxylic acids is 1. The number of anilines is 1. The van der Waals surface area contributed by atoms with Crippen LogP contribution < -0.4 is 4.90 Å². The minimum absolute atomic E-state index is 0.264. The van der Waals surface area contributed by atoms with Crippen LogP contribution in [0.3, 0.4) is 0 Å². The SMILES string of the molecule is O=C1CCCCN1c1ccccc1I. The first-order valence-electron chi connectivity index (χ1n) is 4.84. The van der Waals surface area contributed by atoms with Crippen molar-refractivity contribution in [3.63, 3.8) is 0 Å². The predicted molar refractivity (Wildman–Crippen MR) is 65.4 cm³/mol. The molecule has 1 aromatic carbocycles. The van der Waals surface area contributed by atoms with E-state index in [1.165, 1.54) is 0 Å². The van der Waals surface area contributed by atoms with Crippen LogP contribution in [0.1, 0.15) is 19.3 Å². The van der Waals surface area contributed by atoms with Crippen LogP contribution in [0.5, 0.6) is 0 Å². The van der Waals surface area contributed by atoms with Crippen LogP contribution in [-0.2, 0) is 4.79 Å². The molecular weight excluding hydrogens is 289 g/mol. The molecule has 0 saturated carbocycles. The highest BCUT2D eigenvalue weighted by molar-refractivity contribution is 14.1. The predicted octanol–water partition coefficient (Wildman–Crippen LogP) is 2.81.